The summed E-state index contributed by atoms with van der Waals surface area (Å²) in [5.41, 5.74) is 1.79. The molecule has 0 spiro atoms. The van der Waals surface area contributed by atoms with E-state index in [1.165, 1.54) is 24.3 Å². The van der Waals surface area contributed by atoms with E-state index in [2.05, 4.69) is 19.3 Å². The lowest BCUT2D eigenvalue weighted by atomic mass is 10.1. The third kappa shape index (κ3) is 4.04. The lowest BCUT2D eigenvalue weighted by Gasteiger charge is -2.06. The first kappa shape index (κ1) is 18.4. The third-order valence-electron chi connectivity index (χ3n) is 3.47. The fourth-order valence-electron chi connectivity index (χ4n) is 2.34. The van der Waals surface area contributed by atoms with Crippen molar-refractivity contribution in [3.63, 3.8) is 0 Å². The lowest BCUT2D eigenvalue weighted by molar-refractivity contribution is -0.432. The van der Waals surface area contributed by atoms with Crippen LogP contribution >= 0.6 is 12.0 Å². The second-order valence-electron chi connectivity index (χ2n) is 5.08. The number of imidazole rings is 1. The zero-order valence-corrected chi connectivity index (χ0v) is 14.5. The molecule has 1 heterocycles. The van der Waals surface area contributed by atoms with Crippen LogP contribution in [0.2, 0.25) is 0 Å². The largest absolute Gasteiger partial charge is 0.323 e. The summed E-state index contributed by atoms with van der Waals surface area (Å²) in [6.07, 6.45) is 0. The SMILES string of the molecule is O=c1[nH]c(-c2ccc(SOOO)cc2)c(-c2ccc(S(=O)(=O)O)cc2)[nH]1. The zero-order valence-electron chi connectivity index (χ0n) is 12.9. The molecule has 4 N–H and O–H groups in total. The summed E-state index contributed by atoms with van der Waals surface area (Å²) in [4.78, 5) is 17.5. The van der Waals surface area contributed by atoms with E-state index < -0.39 is 15.8 Å². The molecule has 3 rings (SSSR count). The van der Waals surface area contributed by atoms with Gasteiger partial charge in [-0.3, -0.25) is 4.55 Å². The van der Waals surface area contributed by atoms with Gasteiger partial charge in [0.05, 0.1) is 28.3 Å². The molecule has 0 fully saturated rings. The molecular weight excluding hydrogens is 384 g/mol. The van der Waals surface area contributed by atoms with Gasteiger partial charge in [0.25, 0.3) is 10.1 Å². The summed E-state index contributed by atoms with van der Waals surface area (Å²) >= 11 is 0.801. The van der Waals surface area contributed by atoms with Gasteiger partial charge >= 0.3 is 5.69 Å². The van der Waals surface area contributed by atoms with Gasteiger partial charge in [-0.25, -0.2) is 10.1 Å². The quantitative estimate of drug-likeness (QED) is 0.216. The number of aromatic amines is 2. The van der Waals surface area contributed by atoms with E-state index in [0.717, 1.165) is 12.0 Å². The van der Waals surface area contributed by atoms with Crippen molar-refractivity contribution >= 4 is 22.2 Å². The molecule has 0 atom stereocenters. The molecule has 0 saturated heterocycles. The maximum Gasteiger partial charge on any atom is 0.323 e. The van der Waals surface area contributed by atoms with Gasteiger partial charge in [-0.05, 0) is 24.3 Å². The maximum atomic E-state index is 11.8. The van der Waals surface area contributed by atoms with Gasteiger partial charge in [0, 0.05) is 16.0 Å². The van der Waals surface area contributed by atoms with Crippen LogP contribution in [0.1, 0.15) is 0 Å². The van der Waals surface area contributed by atoms with Crippen LogP contribution in [-0.2, 0) is 19.5 Å². The van der Waals surface area contributed by atoms with Crippen LogP contribution in [0.5, 0.6) is 0 Å². The van der Waals surface area contributed by atoms with Crippen molar-refractivity contribution in [1.29, 1.82) is 0 Å². The molecule has 136 valence electrons. The first-order valence-corrected chi connectivity index (χ1v) is 9.22. The van der Waals surface area contributed by atoms with Crippen molar-refractivity contribution in [2.24, 2.45) is 0 Å². The van der Waals surface area contributed by atoms with Crippen molar-refractivity contribution < 1.29 is 27.6 Å². The van der Waals surface area contributed by atoms with Crippen molar-refractivity contribution in [3.05, 3.63) is 59.0 Å². The predicted octanol–water partition coefficient (Wildman–Crippen LogP) is 2.71. The van der Waals surface area contributed by atoms with Crippen LogP contribution in [0.15, 0.2) is 63.1 Å². The number of nitrogens with one attached hydrogen (secondary N) is 2. The Labute approximate surface area is 151 Å². The molecule has 0 radical (unpaired) electrons. The number of aromatic nitrogens is 2. The van der Waals surface area contributed by atoms with Gasteiger partial charge in [0.2, 0.25) is 0 Å². The highest BCUT2D eigenvalue weighted by Gasteiger charge is 2.14. The Hall–Kier alpha value is -2.41. The summed E-state index contributed by atoms with van der Waals surface area (Å²) in [6, 6.07) is 12.3. The summed E-state index contributed by atoms with van der Waals surface area (Å²) in [5.74, 6) is 0. The molecular formula is C15H12N2O7S2. The maximum absolute atomic E-state index is 11.8. The normalized spacial score (nSPS) is 11.6. The van der Waals surface area contributed by atoms with Gasteiger partial charge in [0.15, 0.2) is 0 Å². The van der Waals surface area contributed by atoms with Crippen LogP contribution in [-0.4, -0.2) is 28.2 Å². The number of rotatable bonds is 6. The molecule has 0 aliphatic carbocycles. The minimum atomic E-state index is -4.29. The smallest absolute Gasteiger partial charge is 0.305 e. The Morgan fingerprint density at radius 1 is 0.885 bits per heavy atom. The summed E-state index contributed by atoms with van der Waals surface area (Å²) in [7, 11) is -4.29. The Balaban J connectivity index is 1.97. The van der Waals surface area contributed by atoms with Crippen LogP contribution in [0.4, 0.5) is 0 Å². The monoisotopic (exact) mass is 396 g/mol. The Morgan fingerprint density at radius 3 is 1.85 bits per heavy atom. The molecule has 1 aromatic heterocycles. The van der Waals surface area contributed by atoms with Crippen LogP contribution in [0.3, 0.4) is 0 Å². The summed E-state index contributed by atoms with van der Waals surface area (Å²) in [5, 5.41) is 11.7. The highest BCUT2D eigenvalue weighted by molar-refractivity contribution is 7.94. The first-order chi connectivity index (χ1) is 12.4. The Morgan fingerprint density at radius 2 is 1.38 bits per heavy atom. The Kier molecular flexibility index (Phi) is 5.27. The number of benzene rings is 2. The fourth-order valence-corrected chi connectivity index (χ4v) is 3.18. The van der Waals surface area contributed by atoms with Crippen LogP contribution in [0.25, 0.3) is 22.5 Å². The molecule has 2 aromatic carbocycles. The predicted molar refractivity (Wildman–Crippen MR) is 92.8 cm³/mol. The van der Waals surface area contributed by atoms with E-state index in [0.29, 0.717) is 27.4 Å². The second kappa shape index (κ2) is 7.45. The lowest BCUT2D eigenvalue weighted by Crippen LogP contribution is -2.00. The van der Waals surface area contributed by atoms with E-state index in [4.69, 9.17) is 9.81 Å². The standard InChI is InChI=1S/C15H12N2O7S2/c18-15-16-13(9-1-5-11(6-2-9)25-24-23-19)14(17-15)10-3-7-12(8-4-10)26(20,21)22/h1-8,19H,(H2,16,17,18)(H,20,21,22). The van der Waals surface area contributed by atoms with Gasteiger partial charge in [0.1, 0.15) is 0 Å². The van der Waals surface area contributed by atoms with E-state index in [-0.39, 0.29) is 4.90 Å². The van der Waals surface area contributed by atoms with Crippen LogP contribution in [0, 0.1) is 0 Å². The van der Waals surface area contributed by atoms with Crippen molar-refractivity contribution in [2.75, 3.05) is 0 Å². The zero-order chi connectivity index (χ0) is 18.7. The van der Waals surface area contributed by atoms with Crippen LogP contribution < -0.4 is 5.69 Å². The summed E-state index contributed by atoms with van der Waals surface area (Å²) < 4.78 is 35.7. The molecule has 0 bridgehead atoms. The first-order valence-electron chi connectivity index (χ1n) is 7.04. The highest BCUT2D eigenvalue weighted by Crippen LogP contribution is 2.30. The minimum absolute atomic E-state index is 0.242. The molecule has 0 unspecified atom stereocenters. The van der Waals surface area contributed by atoms with Gasteiger partial charge in [-0.15, -0.1) is 4.33 Å². The molecule has 26 heavy (non-hydrogen) atoms. The van der Waals surface area contributed by atoms with E-state index in [1.54, 1.807) is 24.3 Å². The van der Waals surface area contributed by atoms with Gasteiger partial charge in [-0.1, -0.05) is 29.3 Å². The average Bonchev–Trinajstić information content (AvgIpc) is 3.01. The molecule has 0 saturated carbocycles. The topological polar surface area (TPSA) is 142 Å². The molecule has 0 aliphatic heterocycles. The molecule has 0 aliphatic rings. The van der Waals surface area contributed by atoms with E-state index in [9.17, 15) is 13.2 Å². The summed E-state index contributed by atoms with van der Waals surface area (Å²) in [6.45, 7) is 0. The third-order valence-corrected chi connectivity index (χ3v) is 4.93. The number of H-pyrrole nitrogens is 2. The van der Waals surface area contributed by atoms with Gasteiger partial charge in [-0.2, -0.15) is 8.42 Å². The van der Waals surface area contributed by atoms with E-state index >= 15 is 0 Å². The number of hydrogen-bond acceptors (Lipinski definition) is 7. The minimum Gasteiger partial charge on any atom is -0.305 e. The molecule has 3 aromatic rings. The fraction of sp³-hybridized carbons (Fsp3) is 0. The van der Waals surface area contributed by atoms with Crippen molar-refractivity contribution in [3.8, 4) is 22.5 Å². The second-order valence-corrected chi connectivity index (χ2v) is 7.27. The highest BCUT2D eigenvalue weighted by atomic mass is 32.2. The van der Waals surface area contributed by atoms with Crippen molar-refractivity contribution in [2.45, 2.75) is 9.79 Å². The van der Waals surface area contributed by atoms with Gasteiger partial charge < -0.3 is 9.97 Å². The van der Waals surface area contributed by atoms with E-state index in [1.807, 2.05) is 0 Å². The average molecular weight is 396 g/mol. The number of hydrogen-bond donors (Lipinski definition) is 4. The van der Waals surface area contributed by atoms with Crippen molar-refractivity contribution in [1.82, 2.24) is 9.97 Å². The molecule has 9 nitrogen and oxygen atoms in total. The molecule has 11 heteroatoms. The molecule has 0 amide bonds. The Bertz CT molecular complexity index is 1050.